The molecular formula is C15H13BrClNO2. The van der Waals surface area contributed by atoms with Crippen LogP contribution in [-0.4, -0.2) is 18.1 Å². The Kier molecular flexibility index (Phi) is 4.68. The third kappa shape index (κ3) is 3.52. The second-order valence-corrected chi connectivity index (χ2v) is 5.80. The lowest BCUT2D eigenvalue weighted by Crippen LogP contribution is -2.19. The van der Waals surface area contributed by atoms with Crippen molar-refractivity contribution in [3.8, 4) is 0 Å². The molecule has 0 fully saturated rings. The number of hydrogen-bond acceptors (Lipinski definition) is 2. The first-order chi connectivity index (χ1) is 9.47. The second kappa shape index (κ2) is 6.29. The van der Waals surface area contributed by atoms with E-state index < -0.39 is 5.97 Å². The van der Waals surface area contributed by atoms with Crippen molar-refractivity contribution in [3.63, 3.8) is 0 Å². The molecule has 0 aliphatic carbocycles. The summed E-state index contributed by atoms with van der Waals surface area (Å²) in [5.41, 5.74) is 1.95. The van der Waals surface area contributed by atoms with E-state index >= 15 is 0 Å². The van der Waals surface area contributed by atoms with Crippen LogP contribution in [-0.2, 0) is 6.54 Å². The molecule has 0 unspecified atom stereocenters. The number of nitrogens with zero attached hydrogens (tertiary/aromatic N) is 1. The van der Waals surface area contributed by atoms with Crippen molar-refractivity contribution in [3.05, 3.63) is 63.1 Å². The summed E-state index contributed by atoms with van der Waals surface area (Å²) in [4.78, 5) is 13.2. The molecule has 0 spiro atoms. The van der Waals surface area contributed by atoms with E-state index in [0.29, 0.717) is 17.3 Å². The zero-order chi connectivity index (χ0) is 14.7. The molecule has 0 heterocycles. The van der Waals surface area contributed by atoms with Gasteiger partial charge in [-0.15, -0.1) is 0 Å². The van der Waals surface area contributed by atoms with Crippen LogP contribution in [0.3, 0.4) is 0 Å². The van der Waals surface area contributed by atoms with Gasteiger partial charge in [-0.05, 0) is 35.9 Å². The molecule has 3 nitrogen and oxygen atoms in total. The number of halogens is 2. The maximum absolute atomic E-state index is 11.3. The van der Waals surface area contributed by atoms with Crippen LogP contribution in [0.4, 0.5) is 5.69 Å². The third-order valence-corrected chi connectivity index (χ3v) is 3.70. The smallest absolute Gasteiger partial charge is 0.337 e. The Hall–Kier alpha value is -1.52. The van der Waals surface area contributed by atoms with Crippen LogP contribution in [0.1, 0.15) is 15.9 Å². The van der Waals surface area contributed by atoms with E-state index in [1.54, 1.807) is 12.1 Å². The molecule has 5 heteroatoms. The highest BCUT2D eigenvalue weighted by atomic mass is 79.9. The van der Waals surface area contributed by atoms with E-state index in [-0.39, 0.29) is 5.56 Å². The summed E-state index contributed by atoms with van der Waals surface area (Å²) in [6.07, 6.45) is 0. The van der Waals surface area contributed by atoms with Gasteiger partial charge in [0.1, 0.15) is 0 Å². The lowest BCUT2D eigenvalue weighted by molar-refractivity contribution is 0.0697. The van der Waals surface area contributed by atoms with Gasteiger partial charge in [-0.1, -0.05) is 39.7 Å². The van der Waals surface area contributed by atoms with Gasteiger partial charge in [-0.2, -0.15) is 0 Å². The number of rotatable bonds is 4. The molecule has 2 rings (SSSR count). The summed E-state index contributed by atoms with van der Waals surface area (Å²) < 4.78 is 1.02. The molecule has 0 aliphatic heterocycles. The number of carboxylic acid groups (broad SMARTS) is 1. The van der Waals surface area contributed by atoms with E-state index in [1.807, 2.05) is 36.2 Å². The fourth-order valence-corrected chi connectivity index (χ4v) is 2.40. The van der Waals surface area contributed by atoms with Crippen LogP contribution < -0.4 is 4.90 Å². The van der Waals surface area contributed by atoms with Crippen molar-refractivity contribution in [2.24, 2.45) is 0 Å². The number of anilines is 1. The number of benzene rings is 2. The van der Waals surface area contributed by atoms with Crippen molar-refractivity contribution in [1.29, 1.82) is 0 Å². The van der Waals surface area contributed by atoms with E-state index in [4.69, 9.17) is 11.6 Å². The molecule has 2 aromatic carbocycles. The number of carbonyl (C=O) groups is 1. The van der Waals surface area contributed by atoms with Crippen molar-refractivity contribution in [2.45, 2.75) is 6.54 Å². The predicted octanol–water partition coefficient (Wildman–Crippen LogP) is 4.44. The average Bonchev–Trinajstić information content (AvgIpc) is 2.41. The largest absolute Gasteiger partial charge is 0.478 e. The Morgan fingerprint density at radius 2 is 1.90 bits per heavy atom. The minimum absolute atomic E-state index is 0.206. The molecular weight excluding hydrogens is 342 g/mol. The standard InChI is InChI=1S/C15H13BrClNO2/c1-18(9-10-2-4-11(16)5-3-10)14-7-6-12(17)8-13(14)15(19)20/h2-8H,9H2,1H3,(H,19,20). The normalized spacial score (nSPS) is 10.3. The minimum atomic E-state index is -0.981. The third-order valence-electron chi connectivity index (χ3n) is 2.93. The van der Waals surface area contributed by atoms with Gasteiger partial charge in [0.25, 0.3) is 0 Å². The Labute approximate surface area is 130 Å². The van der Waals surface area contributed by atoms with Crippen LogP contribution in [0.15, 0.2) is 46.9 Å². The molecule has 2 aromatic rings. The number of aromatic carboxylic acids is 1. The molecule has 0 saturated carbocycles. The van der Waals surface area contributed by atoms with Crippen LogP contribution in [0, 0.1) is 0 Å². The van der Waals surface area contributed by atoms with E-state index in [9.17, 15) is 9.90 Å². The Morgan fingerprint density at radius 1 is 1.25 bits per heavy atom. The monoisotopic (exact) mass is 353 g/mol. The predicted molar refractivity (Wildman–Crippen MR) is 84.7 cm³/mol. The summed E-state index contributed by atoms with van der Waals surface area (Å²) in [5, 5.41) is 9.67. The van der Waals surface area contributed by atoms with Crippen LogP contribution in [0.2, 0.25) is 5.02 Å². The molecule has 20 heavy (non-hydrogen) atoms. The van der Waals surface area contributed by atoms with E-state index in [2.05, 4.69) is 15.9 Å². The molecule has 0 aliphatic rings. The highest BCUT2D eigenvalue weighted by molar-refractivity contribution is 9.10. The Balaban J connectivity index is 2.27. The summed E-state index contributed by atoms with van der Waals surface area (Å²) >= 11 is 9.25. The maximum Gasteiger partial charge on any atom is 0.337 e. The zero-order valence-electron chi connectivity index (χ0n) is 10.8. The van der Waals surface area contributed by atoms with Gasteiger partial charge in [-0.25, -0.2) is 4.79 Å². The van der Waals surface area contributed by atoms with Gasteiger partial charge in [0.2, 0.25) is 0 Å². The second-order valence-electron chi connectivity index (χ2n) is 4.45. The SMILES string of the molecule is CN(Cc1ccc(Br)cc1)c1ccc(Cl)cc1C(=O)O. The fourth-order valence-electron chi connectivity index (χ4n) is 1.96. The number of hydrogen-bond donors (Lipinski definition) is 1. The zero-order valence-corrected chi connectivity index (χ0v) is 13.1. The average molecular weight is 355 g/mol. The summed E-state index contributed by atoms with van der Waals surface area (Å²) in [6.45, 7) is 0.620. The molecule has 0 bridgehead atoms. The fraction of sp³-hybridized carbons (Fsp3) is 0.133. The molecule has 0 aromatic heterocycles. The lowest BCUT2D eigenvalue weighted by Gasteiger charge is -2.21. The topological polar surface area (TPSA) is 40.5 Å². The van der Waals surface area contributed by atoms with Crippen LogP contribution in [0.25, 0.3) is 0 Å². The van der Waals surface area contributed by atoms with Crippen molar-refractivity contribution < 1.29 is 9.90 Å². The first kappa shape index (κ1) is 14.9. The van der Waals surface area contributed by atoms with Crippen molar-refractivity contribution >= 4 is 39.2 Å². The van der Waals surface area contributed by atoms with Gasteiger partial charge in [-0.3, -0.25) is 0 Å². The Morgan fingerprint density at radius 3 is 2.50 bits per heavy atom. The summed E-state index contributed by atoms with van der Waals surface area (Å²) in [5.74, 6) is -0.981. The highest BCUT2D eigenvalue weighted by Crippen LogP contribution is 2.25. The quantitative estimate of drug-likeness (QED) is 0.882. The summed E-state index contributed by atoms with van der Waals surface area (Å²) in [7, 11) is 1.86. The molecule has 1 N–H and O–H groups in total. The molecule has 0 amide bonds. The molecule has 0 atom stereocenters. The maximum atomic E-state index is 11.3. The van der Waals surface area contributed by atoms with Crippen LogP contribution in [0.5, 0.6) is 0 Å². The van der Waals surface area contributed by atoms with E-state index in [1.165, 1.54) is 6.07 Å². The summed E-state index contributed by atoms with van der Waals surface area (Å²) in [6, 6.07) is 12.8. The van der Waals surface area contributed by atoms with Gasteiger partial charge >= 0.3 is 5.97 Å². The first-order valence-electron chi connectivity index (χ1n) is 5.96. The molecule has 0 radical (unpaired) electrons. The van der Waals surface area contributed by atoms with Crippen LogP contribution >= 0.6 is 27.5 Å². The lowest BCUT2D eigenvalue weighted by atomic mass is 10.1. The molecule has 104 valence electrons. The molecule has 0 saturated heterocycles. The Bertz CT molecular complexity index is 628. The van der Waals surface area contributed by atoms with Gasteiger partial charge in [0.05, 0.1) is 11.3 Å². The first-order valence-corrected chi connectivity index (χ1v) is 7.13. The minimum Gasteiger partial charge on any atom is -0.478 e. The van der Waals surface area contributed by atoms with E-state index in [0.717, 1.165) is 10.0 Å². The number of carboxylic acids is 1. The van der Waals surface area contributed by atoms with Gasteiger partial charge in [0, 0.05) is 23.1 Å². The highest BCUT2D eigenvalue weighted by Gasteiger charge is 2.14. The van der Waals surface area contributed by atoms with Crippen molar-refractivity contribution in [1.82, 2.24) is 0 Å². The van der Waals surface area contributed by atoms with Crippen molar-refractivity contribution in [2.75, 3.05) is 11.9 Å². The van der Waals surface area contributed by atoms with Gasteiger partial charge < -0.3 is 10.0 Å². The van der Waals surface area contributed by atoms with Gasteiger partial charge in [0.15, 0.2) is 0 Å².